The van der Waals surface area contributed by atoms with Gasteiger partial charge in [0.1, 0.15) is 0 Å². The van der Waals surface area contributed by atoms with Crippen molar-refractivity contribution in [3.8, 4) is 0 Å². The minimum Gasteiger partial charge on any atom is -0.370 e. The van der Waals surface area contributed by atoms with Crippen molar-refractivity contribution in [3.63, 3.8) is 0 Å². The molecule has 2 aromatic rings. The van der Waals surface area contributed by atoms with Crippen LogP contribution in [0.3, 0.4) is 0 Å². The molecule has 0 aromatic heterocycles. The first-order chi connectivity index (χ1) is 10.2. The lowest BCUT2D eigenvalue weighted by molar-refractivity contribution is 0.751. The molecule has 21 heavy (non-hydrogen) atoms. The highest BCUT2D eigenvalue weighted by atomic mass is 15.0. The normalized spacial score (nSPS) is 12.1. The summed E-state index contributed by atoms with van der Waals surface area (Å²) in [5.74, 6) is 0. The van der Waals surface area contributed by atoms with Crippen LogP contribution in [0.1, 0.15) is 37.0 Å². The van der Waals surface area contributed by atoms with Gasteiger partial charge >= 0.3 is 0 Å². The van der Waals surface area contributed by atoms with Gasteiger partial charge in [0.25, 0.3) is 0 Å². The molecule has 1 unspecified atom stereocenters. The van der Waals surface area contributed by atoms with Crippen LogP contribution in [-0.2, 0) is 19.3 Å². The van der Waals surface area contributed by atoms with Crippen LogP contribution in [-0.4, -0.2) is 6.17 Å². The fourth-order valence-corrected chi connectivity index (χ4v) is 2.70. The van der Waals surface area contributed by atoms with Crippen molar-refractivity contribution in [2.75, 3.05) is 5.32 Å². The molecule has 0 aliphatic carbocycles. The molecule has 3 N–H and O–H groups in total. The van der Waals surface area contributed by atoms with Crippen LogP contribution in [0.4, 0.5) is 5.69 Å². The highest BCUT2D eigenvalue weighted by Crippen LogP contribution is 2.16. The second-order valence-corrected chi connectivity index (χ2v) is 5.53. The largest absolute Gasteiger partial charge is 0.370 e. The van der Waals surface area contributed by atoms with E-state index in [4.69, 9.17) is 5.73 Å². The van der Waals surface area contributed by atoms with Gasteiger partial charge in [-0.3, -0.25) is 0 Å². The average Bonchev–Trinajstić information content (AvgIpc) is 2.50. The highest BCUT2D eigenvalue weighted by molar-refractivity contribution is 5.43. The van der Waals surface area contributed by atoms with Crippen molar-refractivity contribution in [2.24, 2.45) is 5.73 Å². The van der Waals surface area contributed by atoms with Crippen molar-refractivity contribution in [2.45, 2.75) is 45.7 Å². The Balaban J connectivity index is 2.02. The Morgan fingerprint density at radius 1 is 1.00 bits per heavy atom. The van der Waals surface area contributed by atoms with E-state index >= 15 is 0 Å². The van der Waals surface area contributed by atoms with Crippen molar-refractivity contribution >= 4 is 5.69 Å². The van der Waals surface area contributed by atoms with Crippen LogP contribution in [0.25, 0.3) is 0 Å². The predicted molar refractivity (Wildman–Crippen MR) is 91.6 cm³/mol. The third-order valence-electron chi connectivity index (χ3n) is 3.75. The Morgan fingerprint density at radius 3 is 2.43 bits per heavy atom. The molecule has 0 aliphatic heterocycles. The van der Waals surface area contributed by atoms with Crippen LogP contribution >= 0.6 is 0 Å². The summed E-state index contributed by atoms with van der Waals surface area (Å²) in [6.45, 7) is 4.45. The Kier molecular flexibility index (Phi) is 5.82. The first-order valence-electron chi connectivity index (χ1n) is 7.90. The topological polar surface area (TPSA) is 38.0 Å². The molecule has 2 rings (SSSR count). The van der Waals surface area contributed by atoms with Gasteiger partial charge in [0.05, 0.1) is 6.17 Å². The number of hydrogen-bond acceptors (Lipinski definition) is 2. The monoisotopic (exact) mass is 282 g/mol. The third-order valence-corrected chi connectivity index (χ3v) is 3.75. The molecule has 1 atom stereocenters. The molecule has 0 saturated heterocycles. The molecule has 0 heterocycles. The summed E-state index contributed by atoms with van der Waals surface area (Å²) in [4.78, 5) is 0. The zero-order valence-electron chi connectivity index (χ0n) is 13.1. The van der Waals surface area contributed by atoms with E-state index in [1.54, 1.807) is 0 Å². The molecular weight excluding hydrogens is 256 g/mol. The maximum atomic E-state index is 6.21. The van der Waals surface area contributed by atoms with E-state index in [2.05, 4.69) is 37.4 Å². The molecule has 0 aliphatic rings. The summed E-state index contributed by atoms with van der Waals surface area (Å²) in [5.41, 5.74) is 11.5. The second kappa shape index (κ2) is 7.84. The molecule has 112 valence electrons. The zero-order valence-corrected chi connectivity index (χ0v) is 13.1. The fourth-order valence-electron chi connectivity index (χ4n) is 2.70. The number of benzene rings is 2. The van der Waals surface area contributed by atoms with E-state index in [-0.39, 0.29) is 6.17 Å². The lowest BCUT2D eigenvalue weighted by Gasteiger charge is -2.17. The Morgan fingerprint density at radius 2 is 1.76 bits per heavy atom. The summed E-state index contributed by atoms with van der Waals surface area (Å²) < 4.78 is 0. The van der Waals surface area contributed by atoms with E-state index < -0.39 is 0 Å². The number of anilines is 1. The van der Waals surface area contributed by atoms with E-state index in [1.807, 2.05) is 30.3 Å². The lowest BCUT2D eigenvalue weighted by atomic mass is 9.97. The van der Waals surface area contributed by atoms with E-state index in [1.165, 1.54) is 23.1 Å². The van der Waals surface area contributed by atoms with Crippen molar-refractivity contribution < 1.29 is 0 Å². The third kappa shape index (κ3) is 4.61. The van der Waals surface area contributed by atoms with Crippen LogP contribution in [0.5, 0.6) is 0 Å². The molecule has 0 saturated carbocycles. The van der Waals surface area contributed by atoms with Gasteiger partial charge < -0.3 is 11.1 Å². The predicted octanol–water partition coefficient (Wildman–Crippen LogP) is 4.14. The van der Waals surface area contributed by atoms with Gasteiger partial charge in [0.2, 0.25) is 0 Å². The van der Waals surface area contributed by atoms with Gasteiger partial charge in [-0.25, -0.2) is 0 Å². The number of hydrogen-bond donors (Lipinski definition) is 2. The van der Waals surface area contributed by atoms with Crippen molar-refractivity contribution in [1.82, 2.24) is 0 Å². The lowest BCUT2D eigenvalue weighted by Crippen LogP contribution is -2.31. The Hall–Kier alpha value is -1.80. The van der Waals surface area contributed by atoms with Crippen LogP contribution in [0, 0.1) is 0 Å². The molecule has 2 aromatic carbocycles. The number of aryl methyl sites for hydroxylation is 2. The molecule has 0 fully saturated rings. The van der Waals surface area contributed by atoms with Crippen molar-refractivity contribution in [3.05, 3.63) is 65.2 Å². The number of rotatable bonds is 7. The second-order valence-electron chi connectivity index (χ2n) is 5.53. The van der Waals surface area contributed by atoms with Gasteiger partial charge in [-0.15, -0.1) is 0 Å². The van der Waals surface area contributed by atoms with Gasteiger partial charge in [-0.2, -0.15) is 0 Å². The van der Waals surface area contributed by atoms with E-state index in [0.29, 0.717) is 0 Å². The minimum absolute atomic E-state index is 0.0610. The van der Waals surface area contributed by atoms with Gasteiger partial charge in [0.15, 0.2) is 0 Å². The smallest absolute Gasteiger partial charge is 0.0784 e. The molecule has 0 radical (unpaired) electrons. The quantitative estimate of drug-likeness (QED) is 0.749. The van der Waals surface area contributed by atoms with Gasteiger partial charge in [-0.05, 0) is 41.7 Å². The van der Waals surface area contributed by atoms with Crippen LogP contribution in [0.2, 0.25) is 0 Å². The number of nitrogens with one attached hydrogen (secondary N) is 1. The summed E-state index contributed by atoms with van der Waals surface area (Å²) >= 11 is 0. The molecule has 2 nitrogen and oxygen atoms in total. The average molecular weight is 282 g/mol. The fraction of sp³-hybridized carbons (Fsp3) is 0.368. The van der Waals surface area contributed by atoms with Crippen molar-refractivity contribution in [1.29, 1.82) is 0 Å². The first-order valence-corrected chi connectivity index (χ1v) is 7.90. The van der Waals surface area contributed by atoms with Crippen LogP contribution in [0.15, 0.2) is 48.5 Å². The van der Waals surface area contributed by atoms with E-state index in [9.17, 15) is 0 Å². The summed E-state index contributed by atoms with van der Waals surface area (Å²) in [5, 5.41) is 3.35. The maximum absolute atomic E-state index is 6.21. The van der Waals surface area contributed by atoms with Gasteiger partial charge in [0, 0.05) is 12.1 Å². The molecular formula is C19H26N2. The molecule has 0 spiro atoms. The van der Waals surface area contributed by atoms with Gasteiger partial charge in [-0.1, -0.05) is 56.7 Å². The zero-order chi connectivity index (χ0) is 15.1. The summed E-state index contributed by atoms with van der Waals surface area (Å²) in [7, 11) is 0. The first kappa shape index (κ1) is 15.6. The summed E-state index contributed by atoms with van der Waals surface area (Å²) in [6.07, 6.45) is 4.23. The highest BCUT2D eigenvalue weighted by Gasteiger charge is 2.07. The van der Waals surface area contributed by atoms with E-state index in [0.717, 1.165) is 24.9 Å². The number of nitrogens with two attached hydrogens (primary N) is 1. The maximum Gasteiger partial charge on any atom is 0.0784 e. The molecule has 2 heteroatoms. The Labute approximate surface area is 128 Å². The molecule has 0 amide bonds. The van der Waals surface area contributed by atoms with Crippen LogP contribution < -0.4 is 11.1 Å². The number of para-hydroxylation sites is 1. The summed E-state index contributed by atoms with van der Waals surface area (Å²) in [6, 6.07) is 16.9. The Bertz CT molecular complexity index is 549. The SMILES string of the molecule is CCCc1ccc(CC(N)Nc2ccccc2)cc1CC. The minimum atomic E-state index is -0.0610. The standard InChI is InChI=1S/C19H26N2/c1-3-8-17-12-11-15(13-16(17)4-2)14-19(20)21-18-9-6-5-7-10-18/h5-7,9-13,19,21H,3-4,8,14,20H2,1-2H3. The molecule has 0 bridgehead atoms.